The molecule has 37 heavy (non-hydrogen) atoms. The molecule has 0 aromatic heterocycles. The number of nitrogens with zero attached hydrogens (tertiary/aromatic N) is 2. The minimum Gasteiger partial charge on any atom is -0.428 e. The number of rotatable bonds is 7. The van der Waals surface area contributed by atoms with Gasteiger partial charge in [0.25, 0.3) is 10.0 Å². The van der Waals surface area contributed by atoms with Crippen molar-refractivity contribution >= 4 is 38.8 Å². The van der Waals surface area contributed by atoms with Crippen LogP contribution in [0.1, 0.15) is 12.0 Å². The number of benzene rings is 3. The Morgan fingerprint density at radius 3 is 2.11 bits per heavy atom. The predicted octanol–water partition coefficient (Wildman–Crippen LogP) is 3.64. The van der Waals surface area contributed by atoms with Crippen molar-refractivity contribution < 1.29 is 26.4 Å². The van der Waals surface area contributed by atoms with Crippen LogP contribution >= 0.6 is 12.6 Å². The van der Waals surface area contributed by atoms with Crippen LogP contribution in [0, 0.1) is 6.92 Å². The number of hydrogen-bond donors (Lipinski definition) is 2. The van der Waals surface area contributed by atoms with E-state index in [4.69, 9.17) is 4.74 Å². The normalized spacial score (nSPS) is 18.6. The molecule has 9 nitrogen and oxygen atoms in total. The molecular weight excluding hydrogens is 534 g/mol. The molecule has 1 N–H and O–H groups in total. The molecule has 3 aromatic rings. The molecule has 1 saturated heterocycles. The van der Waals surface area contributed by atoms with E-state index in [1.807, 2.05) is 37.3 Å². The summed E-state index contributed by atoms with van der Waals surface area (Å²) in [4.78, 5) is 12.6. The monoisotopic (exact) mass is 561 g/mol. The number of sulfonamides is 2. The molecule has 0 radical (unpaired) electrons. The van der Waals surface area contributed by atoms with Crippen molar-refractivity contribution in [2.75, 3.05) is 13.6 Å². The molecule has 1 aliphatic heterocycles. The van der Waals surface area contributed by atoms with E-state index in [1.165, 1.54) is 24.3 Å². The highest BCUT2D eigenvalue weighted by atomic mass is 32.2. The Morgan fingerprint density at radius 1 is 0.919 bits per heavy atom. The third-order valence-electron chi connectivity index (χ3n) is 5.92. The molecule has 1 heterocycles. The molecule has 0 spiro atoms. The average Bonchev–Trinajstić information content (AvgIpc) is 3.25. The number of carbonyl (C=O) groups excluding carboxylic acids is 1. The van der Waals surface area contributed by atoms with Crippen LogP contribution in [0.4, 0.5) is 4.79 Å². The smallest absolute Gasteiger partial charge is 0.424 e. The van der Waals surface area contributed by atoms with Gasteiger partial charge in [-0.15, -0.1) is 4.41 Å². The second kappa shape index (κ2) is 10.8. The Morgan fingerprint density at radius 2 is 1.49 bits per heavy atom. The van der Waals surface area contributed by atoms with E-state index in [9.17, 15) is 21.6 Å². The maximum Gasteiger partial charge on any atom is 0.424 e. The topological polar surface area (TPSA) is 113 Å². The number of nitrogens with one attached hydrogen (secondary N) is 1. The van der Waals surface area contributed by atoms with Crippen LogP contribution in [-0.2, 0) is 24.8 Å². The fraction of sp³-hybridized carbons (Fsp3) is 0.240. The van der Waals surface area contributed by atoms with Crippen LogP contribution in [0.25, 0.3) is 11.1 Å². The van der Waals surface area contributed by atoms with E-state index in [0.29, 0.717) is 4.41 Å². The zero-order valence-electron chi connectivity index (χ0n) is 20.2. The molecule has 3 aromatic carbocycles. The lowest BCUT2D eigenvalue weighted by Gasteiger charge is -2.25. The maximum atomic E-state index is 13.4. The van der Waals surface area contributed by atoms with Gasteiger partial charge in [0.15, 0.2) is 6.23 Å². The zero-order chi connectivity index (χ0) is 26.8. The van der Waals surface area contributed by atoms with Gasteiger partial charge in [0, 0.05) is 25.3 Å². The van der Waals surface area contributed by atoms with E-state index in [1.54, 1.807) is 24.3 Å². The van der Waals surface area contributed by atoms with Crippen LogP contribution in [-0.4, -0.2) is 56.7 Å². The quantitative estimate of drug-likeness (QED) is 0.336. The largest absolute Gasteiger partial charge is 0.428 e. The van der Waals surface area contributed by atoms with Crippen LogP contribution < -0.4 is 5.43 Å². The van der Waals surface area contributed by atoms with Crippen molar-refractivity contribution in [1.29, 1.82) is 0 Å². The predicted molar refractivity (Wildman–Crippen MR) is 143 cm³/mol. The summed E-state index contributed by atoms with van der Waals surface area (Å²) < 4.78 is 59.3. The molecule has 0 saturated carbocycles. The molecule has 0 unspecified atom stereocenters. The molecule has 1 fully saturated rings. The standard InChI is InChI=1S/C25H27N3O6S3/c1-18-8-12-22(13-9-18)36(30,31)27(2)26-25(29)34-24-16-21(35)17-28(24)37(32,33)23-14-10-20(11-15-23)19-6-4-3-5-7-19/h3-15,21,24,35H,16-17H2,1-2H3,(H,26,29)/t21-,24+/m1/s1. The summed E-state index contributed by atoms with van der Waals surface area (Å²) in [6.45, 7) is 1.85. The van der Waals surface area contributed by atoms with E-state index in [2.05, 4.69) is 18.1 Å². The molecule has 0 bridgehead atoms. The van der Waals surface area contributed by atoms with Crippen molar-refractivity contribution in [2.24, 2.45) is 0 Å². The van der Waals surface area contributed by atoms with Crippen molar-refractivity contribution in [3.8, 4) is 11.1 Å². The molecule has 1 aliphatic rings. The van der Waals surface area contributed by atoms with E-state index >= 15 is 0 Å². The number of thiol groups is 1. The maximum absolute atomic E-state index is 13.4. The third kappa shape index (κ3) is 5.99. The Labute approximate surface area is 222 Å². The van der Waals surface area contributed by atoms with Gasteiger partial charge in [0.1, 0.15) is 0 Å². The minimum atomic E-state index is -4.03. The Balaban J connectivity index is 1.47. The first-order valence-electron chi connectivity index (χ1n) is 11.4. The van der Waals surface area contributed by atoms with E-state index in [-0.39, 0.29) is 28.0 Å². The van der Waals surface area contributed by atoms with E-state index < -0.39 is 32.4 Å². The SMILES string of the molecule is Cc1ccc(S(=O)(=O)N(C)NC(=O)O[C@H]2C[C@@H](S)CN2S(=O)(=O)c2ccc(-c3ccccc3)cc2)cc1. The lowest BCUT2D eigenvalue weighted by Crippen LogP contribution is -2.46. The Kier molecular flexibility index (Phi) is 7.95. The highest BCUT2D eigenvalue weighted by Gasteiger charge is 2.42. The molecule has 196 valence electrons. The molecular formula is C25H27N3O6S3. The van der Waals surface area contributed by atoms with Gasteiger partial charge in [-0.3, -0.25) is 0 Å². The number of aryl methyl sites for hydroxylation is 1. The zero-order valence-corrected chi connectivity index (χ0v) is 22.7. The van der Waals surface area contributed by atoms with Gasteiger partial charge < -0.3 is 4.74 Å². The summed E-state index contributed by atoms with van der Waals surface area (Å²) >= 11 is 4.39. The average molecular weight is 562 g/mol. The third-order valence-corrected chi connectivity index (χ3v) is 9.85. The second-order valence-corrected chi connectivity index (χ2v) is 13.2. The van der Waals surface area contributed by atoms with Gasteiger partial charge in [-0.2, -0.15) is 16.9 Å². The fourth-order valence-corrected chi connectivity index (χ4v) is 6.93. The first-order chi connectivity index (χ1) is 17.5. The van der Waals surface area contributed by atoms with Crippen LogP contribution in [0.15, 0.2) is 88.7 Å². The highest BCUT2D eigenvalue weighted by Crippen LogP contribution is 2.30. The van der Waals surface area contributed by atoms with Crippen molar-refractivity contribution in [1.82, 2.24) is 14.1 Å². The summed E-state index contributed by atoms with van der Waals surface area (Å²) in [5, 5.41) is -0.370. The summed E-state index contributed by atoms with van der Waals surface area (Å²) in [5.74, 6) is 0. The minimum absolute atomic E-state index is 0.0136. The van der Waals surface area contributed by atoms with Crippen LogP contribution in [0.2, 0.25) is 0 Å². The lowest BCUT2D eigenvalue weighted by atomic mass is 10.1. The fourth-order valence-electron chi connectivity index (χ4n) is 3.90. The molecule has 4 rings (SSSR count). The van der Waals surface area contributed by atoms with Crippen molar-refractivity contribution in [3.63, 3.8) is 0 Å². The van der Waals surface area contributed by atoms with Gasteiger partial charge in [-0.25, -0.2) is 27.1 Å². The Bertz CT molecular complexity index is 1460. The summed E-state index contributed by atoms with van der Waals surface area (Å²) in [6.07, 6.45) is -2.12. The summed E-state index contributed by atoms with van der Waals surface area (Å²) in [6, 6.07) is 22.1. The van der Waals surface area contributed by atoms with Crippen LogP contribution in [0.5, 0.6) is 0 Å². The molecule has 1 amide bonds. The number of ether oxygens (including phenoxy) is 1. The molecule has 2 atom stereocenters. The summed E-state index contributed by atoms with van der Waals surface area (Å²) in [7, 11) is -6.89. The van der Waals surface area contributed by atoms with Gasteiger partial charge in [0.2, 0.25) is 10.0 Å². The first kappa shape index (κ1) is 27.1. The lowest BCUT2D eigenvalue weighted by molar-refractivity contribution is 0.0447. The van der Waals surface area contributed by atoms with Gasteiger partial charge >= 0.3 is 6.09 Å². The first-order valence-corrected chi connectivity index (χ1v) is 14.8. The summed E-state index contributed by atoms with van der Waals surface area (Å²) in [5.41, 5.74) is 4.84. The Hall–Kier alpha value is -2.90. The van der Waals surface area contributed by atoms with Gasteiger partial charge in [-0.05, 0) is 42.3 Å². The number of hydrazine groups is 1. The van der Waals surface area contributed by atoms with Crippen LogP contribution in [0.3, 0.4) is 0 Å². The number of amides is 1. The molecule has 12 heteroatoms. The number of hydrogen-bond acceptors (Lipinski definition) is 7. The van der Waals surface area contributed by atoms with Crippen molar-refractivity contribution in [2.45, 2.75) is 34.6 Å². The van der Waals surface area contributed by atoms with E-state index in [0.717, 1.165) is 28.0 Å². The number of carbonyl (C=O) groups is 1. The molecule has 0 aliphatic carbocycles. The van der Waals surface area contributed by atoms with Gasteiger partial charge in [-0.1, -0.05) is 60.2 Å². The van der Waals surface area contributed by atoms with Crippen molar-refractivity contribution in [3.05, 3.63) is 84.4 Å². The second-order valence-electron chi connectivity index (χ2n) is 8.61. The van der Waals surface area contributed by atoms with Gasteiger partial charge in [0.05, 0.1) is 9.79 Å². The highest BCUT2D eigenvalue weighted by molar-refractivity contribution is 7.89.